The number of hydrogen-bond acceptors (Lipinski definition) is 3. The highest BCUT2D eigenvalue weighted by atomic mass is 16.2. The number of hydrogen-bond donors (Lipinski definition) is 2. The van der Waals surface area contributed by atoms with Crippen molar-refractivity contribution in [3.05, 3.63) is 29.3 Å². The number of primary amides is 1. The first kappa shape index (κ1) is 38.4. The summed E-state index contributed by atoms with van der Waals surface area (Å²) in [7, 11) is 0. The van der Waals surface area contributed by atoms with Gasteiger partial charge >= 0.3 is 0 Å². The van der Waals surface area contributed by atoms with E-state index in [1.54, 1.807) is 18.2 Å². The largest absolute Gasteiger partial charge is 0.366 e. The van der Waals surface area contributed by atoms with Crippen molar-refractivity contribution >= 4 is 23.4 Å². The fourth-order valence-corrected chi connectivity index (χ4v) is 9.26. The number of nitrogens with one attached hydrogen (secondary N) is 1. The molecular formula is C42H69N3O3. The zero-order valence-electron chi connectivity index (χ0n) is 32.1. The standard InChI is InChI=1S/C42H69N3O3/c1-10-40(4,5)31-15-13-28(14-16-31)38(47)44-34-26-29(37(43)46)25-30(27-34)39(48)45(35-21-17-32(18-22-35)41(6,7)11-2)36-23-19-33(20-24-36)42(8,9)12-3/h25-28,31-33,35-36H,10-24H2,1-9H3,(H2,43,46)(H,44,47). The van der Waals surface area contributed by atoms with Crippen molar-refractivity contribution in [3.8, 4) is 0 Å². The fraction of sp³-hybridized carbons (Fsp3) is 0.786. The van der Waals surface area contributed by atoms with Gasteiger partial charge in [-0.15, -0.1) is 0 Å². The first-order chi connectivity index (χ1) is 22.5. The quantitative estimate of drug-likeness (QED) is 0.233. The Morgan fingerprint density at radius 1 is 0.625 bits per heavy atom. The second-order valence-corrected chi connectivity index (χ2v) is 18.0. The number of rotatable bonds is 12. The summed E-state index contributed by atoms with van der Waals surface area (Å²) in [4.78, 5) is 43.0. The van der Waals surface area contributed by atoms with Crippen LogP contribution in [0.1, 0.15) is 179 Å². The molecule has 3 fully saturated rings. The van der Waals surface area contributed by atoms with Gasteiger partial charge in [-0.25, -0.2) is 0 Å². The lowest BCUT2D eigenvalue weighted by molar-refractivity contribution is -0.121. The van der Waals surface area contributed by atoms with Crippen molar-refractivity contribution in [1.82, 2.24) is 4.90 Å². The molecule has 1 aromatic carbocycles. The summed E-state index contributed by atoms with van der Waals surface area (Å²) in [5.41, 5.74) is 7.94. The van der Waals surface area contributed by atoms with Crippen LogP contribution in [0, 0.1) is 39.9 Å². The average molecular weight is 664 g/mol. The summed E-state index contributed by atoms with van der Waals surface area (Å²) in [6.45, 7) is 21.1. The van der Waals surface area contributed by atoms with E-state index in [-0.39, 0.29) is 40.8 Å². The van der Waals surface area contributed by atoms with Crippen LogP contribution >= 0.6 is 0 Å². The van der Waals surface area contributed by atoms with E-state index in [2.05, 4.69) is 72.5 Å². The Bertz CT molecular complexity index is 1220. The monoisotopic (exact) mass is 664 g/mol. The minimum absolute atomic E-state index is 0.0200. The summed E-state index contributed by atoms with van der Waals surface area (Å²) < 4.78 is 0. The topological polar surface area (TPSA) is 92.5 Å². The number of nitrogens with two attached hydrogens (primary N) is 1. The Kier molecular flexibility index (Phi) is 12.5. The predicted molar refractivity (Wildman–Crippen MR) is 199 cm³/mol. The molecule has 0 unspecified atom stereocenters. The third kappa shape index (κ3) is 8.85. The zero-order chi connectivity index (χ0) is 35.4. The Balaban J connectivity index is 1.57. The van der Waals surface area contributed by atoms with Gasteiger partial charge in [0.25, 0.3) is 5.91 Å². The van der Waals surface area contributed by atoms with Gasteiger partial charge in [-0.05, 0) is 129 Å². The van der Waals surface area contributed by atoms with Crippen LogP contribution in [0.3, 0.4) is 0 Å². The molecule has 3 saturated carbocycles. The smallest absolute Gasteiger partial charge is 0.254 e. The Morgan fingerprint density at radius 3 is 1.38 bits per heavy atom. The van der Waals surface area contributed by atoms with Crippen LogP contribution in [0.2, 0.25) is 0 Å². The summed E-state index contributed by atoms with van der Waals surface area (Å²) in [6, 6.07) is 5.45. The van der Waals surface area contributed by atoms with E-state index < -0.39 is 5.91 Å². The van der Waals surface area contributed by atoms with Crippen LogP contribution in [-0.4, -0.2) is 34.7 Å². The van der Waals surface area contributed by atoms with Crippen LogP contribution in [0.5, 0.6) is 0 Å². The lowest BCUT2D eigenvalue weighted by atomic mass is 9.67. The maximum Gasteiger partial charge on any atom is 0.254 e. The summed E-state index contributed by atoms with van der Waals surface area (Å²) in [5.74, 6) is 1.28. The molecule has 0 aliphatic heterocycles. The molecule has 3 amide bonds. The lowest BCUT2D eigenvalue weighted by Crippen LogP contribution is -2.51. The van der Waals surface area contributed by atoms with Gasteiger partial charge in [0.15, 0.2) is 0 Å². The van der Waals surface area contributed by atoms with Gasteiger partial charge in [-0.3, -0.25) is 14.4 Å². The van der Waals surface area contributed by atoms with Crippen LogP contribution in [0.4, 0.5) is 5.69 Å². The molecular weight excluding hydrogens is 594 g/mol. The minimum Gasteiger partial charge on any atom is -0.366 e. The van der Waals surface area contributed by atoms with Crippen molar-refractivity contribution in [2.75, 3.05) is 5.32 Å². The molecule has 3 aliphatic carbocycles. The van der Waals surface area contributed by atoms with Crippen LogP contribution in [-0.2, 0) is 4.79 Å². The lowest BCUT2D eigenvalue weighted by Gasteiger charge is -2.47. The van der Waals surface area contributed by atoms with Crippen LogP contribution in [0.15, 0.2) is 18.2 Å². The second kappa shape index (κ2) is 15.7. The summed E-state index contributed by atoms with van der Waals surface area (Å²) >= 11 is 0. The molecule has 0 spiro atoms. The summed E-state index contributed by atoms with van der Waals surface area (Å²) in [5, 5.41) is 3.11. The summed E-state index contributed by atoms with van der Waals surface area (Å²) in [6.07, 6.45) is 15.9. The van der Waals surface area contributed by atoms with E-state index in [1.807, 2.05) is 0 Å². The number of carbonyl (C=O) groups excluding carboxylic acids is 3. The molecule has 3 aliphatic rings. The van der Waals surface area contributed by atoms with Crippen molar-refractivity contribution in [1.29, 1.82) is 0 Å². The van der Waals surface area contributed by atoms with Crippen molar-refractivity contribution in [2.45, 2.75) is 171 Å². The van der Waals surface area contributed by atoms with Crippen molar-refractivity contribution in [2.24, 2.45) is 45.7 Å². The van der Waals surface area contributed by atoms with Crippen molar-refractivity contribution in [3.63, 3.8) is 0 Å². The number of nitrogens with zero attached hydrogens (tertiary/aromatic N) is 1. The van der Waals surface area contributed by atoms with Crippen molar-refractivity contribution < 1.29 is 14.4 Å². The zero-order valence-corrected chi connectivity index (χ0v) is 32.1. The Hall–Kier alpha value is -2.37. The molecule has 0 radical (unpaired) electrons. The van der Waals surface area contributed by atoms with Crippen LogP contribution < -0.4 is 11.1 Å². The van der Waals surface area contributed by atoms with E-state index in [4.69, 9.17) is 5.73 Å². The van der Waals surface area contributed by atoms with Gasteiger partial charge in [0.1, 0.15) is 0 Å². The van der Waals surface area contributed by atoms with E-state index in [9.17, 15) is 14.4 Å². The molecule has 1 aromatic rings. The third-order valence-electron chi connectivity index (χ3n) is 14.3. The molecule has 0 heterocycles. The molecule has 0 saturated heterocycles. The maximum atomic E-state index is 14.7. The number of anilines is 1. The molecule has 270 valence electrons. The molecule has 6 heteroatoms. The van der Waals surface area contributed by atoms with Gasteiger partial charge in [0.2, 0.25) is 11.8 Å². The second-order valence-electron chi connectivity index (χ2n) is 18.0. The fourth-order valence-electron chi connectivity index (χ4n) is 9.26. The van der Waals surface area contributed by atoms with Gasteiger partial charge < -0.3 is 16.0 Å². The van der Waals surface area contributed by atoms with Gasteiger partial charge in [0, 0.05) is 34.8 Å². The molecule has 0 aromatic heterocycles. The van der Waals surface area contributed by atoms with E-state index in [0.29, 0.717) is 39.8 Å². The highest BCUT2D eigenvalue weighted by Crippen LogP contribution is 2.46. The SMILES string of the molecule is CCC(C)(C)C1CCC(C(=O)Nc2cc(C(N)=O)cc(C(=O)N(C3CCC(C(C)(C)CC)CC3)C3CCC(C(C)(C)CC)CC3)c2)CC1. The average Bonchev–Trinajstić information content (AvgIpc) is 3.08. The molecule has 0 atom stereocenters. The molecule has 0 bridgehead atoms. The first-order valence-corrected chi connectivity index (χ1v) is 19.6. The maximum absolute atomic E-state index is 14.7. The Morgan fingerprint density at radius 2 is 1.00 bits per heavy atom. The van der Waals surface area contributed by atoms with Crippen LogP contribution in [0.25, 0.3) is 0 Å². The molecule has 6 nitrogen and oxygen atoms in total. The molecule has 3 N–H and O–H groups in total. The van der Waals surface area contributed by atoms with E-state index >= 15 is 0 Å². The van der Waals surface area contributed by atoms with Gasteiger partial charge in [-0.1, -0.05) is 81.6 Å². The Labute approximate surface area is 293 Å². The van der Waals surface area contributed by atoms with Gasteiger partial charge in [0.05, 0.1) is 0 Å². The normalized spacial score (nSPS) is 27.3. The van der Waals surface area contributed by atoms with Gasteiger partial charge in [-0.2, -0.15) is 0 Å². The number of amides is 3. The molecule has 48 heavy (non-hydrogen) atoms. The number of benzene rings is 1. The van der Waals surface area contributed by atoms with E-state index in [0.717, 1.165) is 96.3 Å². The first-order valence-electron chi connectivity index (χ1n) is 19.6. The highest BCUT2D eigenvalue weighted by molar-refractivity contribution is 6.02. The molecule has 4 rings (SSSR count). The minimum atomic E-state index is -0.585. The number of carbonyl (C=O) groups is 3. The predicted octanol–water partition coefficient (Wildman–Crippen LogP) is 10.4. The third-order valence-corrected chi connectivity index (χ3v) is 14.3. The van der Waals surface area contributed by atoms with E-state index in [1.165, 1.54) is 0 Å². The highest BCUT2D eigenvalue weighted by Gasteiger charge is 2.41.